The monoisotopic (exact) mass is 1020 g/mol. The molecule has 4 N–H and O–H groups in total. The highest BCUT2D eigenvalue weighted by atomic mass is 32.2. The van der Waals surface area contributed by atoms with Crippen molar-refractivity contribution < 1.29 is 28.7 Å². The van der Waals surface area contributed by atoms with E-state index in [9.17, 15) is 24.0 Å². The highest BCUT2D eigenvalue weighted by Crippen LogP contribution is 2.35. The molecule has 2 fully saturated rings. The van der Waals surface area contributed by atoms with Crippen LogP contribution in [0.2, 0.25) is 0 Å². The maximum absolute atomic E-state index is 14.5. The van der Waals surface area contributed by atoms with Crippen LogP contribution in [0.4, 0.5) is 0 Å². The van der Waals surface area contributed by atoms with Gasteiger partial charge in [-0.25, -0.2) is 0 Å². The molecule has 4 rings (SSSR count). The van der Waals surface area contributed by atoms with Crippen LogP contribution in [0.1, 0.15) is 138 Å². The second-order valence-electron chi connectivity index (χ2n) is 18.5. The van der Waals surface area contributed by atoms with Gasteiger partial charge in [-0.05, 0) is 100.0 Å². The van der Waals surface area contributed by atoms with Crippen LogP contribution in [0.15, 0.2) is 88.7 Å². The van der Waals surface area contributed by atoms with Crippen LogP contribution in [0.25, 0.3) is 6.08 Å². The third-order valence-corrected chi connectivity index (χ3v) is 14.6. The maximum atomic E-state index is 14.5. The van der Waals surface area contributed by atoms with Crippen molar-refractivity contribution in [2.45, 2.75) is 143 Å². The number of allylic oxidation sites excluding steroid dienone is 3. The molecule has 0 unspecified atom stereocenters. The number of amides is 5. The Morgan fingerprint density at radius 2 is 1.55 bits per heavy atom. The summed E-state index contributed by atoms with van der Waals surface area (Å²) in [6.07, 6.45) is 25.7. The zero-order valence-corrected chi connectivity index (χ0v) is 45.8. The van der Waals surface area contributed by atoms with E-state index in [0.717, 1.165) is 84.9 Å². The molecule has 1 saturated heterocycles. The Bertz CT molecular complexity index is 2010. The van der Waals surface area contributed by atoms with E-state index >= 15 is 0 Å². The highest BCUT2D eigenvalue weighted by molar-refractivity contribution is 8.20. The normalized spacial score (nSPS) is 15.8. The van der Waals surface area contributed by atoms with Crippen molar-refractivity contribution in [3.8, 4) is 12.8 Å². The van der Waals surface area contributed by atoms with Gasteiger partial charge in [0, 0.05) is 63.3 Å². The van der Waals surface area contributed by atoms with Crippen LogP contribution in [0, 0.1) is 24.7 Å². The Balaban J connectivity index is 0.00000273. The second-order valence-corrected chi connectivity index (χ2v) is 21.3. The largest absolute Gasteiger partial charge is 0.436 e. The quantitative estimate of drug-likeness (QED) is 0.0402. The molecule has 1 aromatic carbocycles. The maximum Gasteiger partial charge on any atom is 0.287 e. The van der Waals surface area contributed by atoms with Crippen LogP contribution in [0.5, 0.6) is 0 Å². The molecule has 5 amide bonds. The molecule has 1 aromatic rings. The summed E-state index contributed by atoms with van der Waals surface area (Å²) in [7, 11) is 1.77. The topological polar surface area (TPSA) is 162 Å². The van der Waals surface area contributed by atoms with Gasteiger partial charge in [-0.2, -0.15) is 0 Å². The summed E-state index contributed by atoms with van der Waals surface area (Å²) < 4.78 is 5.95. The number of carbonyl (C=O) groups excluding carboxylic acids is 5. The second kappa shape index (κ2) is 35.8. The molecule has 71 heavy (non-hydrogen) atoms. The van der Waals surface area contributed by atoms with Crippen molar-refractivity contribution in [3.05, 3.63) is 89.3 Å². The van der Waals surface area contributed by atoms with Crippen LogP contribution < -0.4 is 21.3 Å². The molecule has 0 aromatic heterocycles. The molecule has 0 spiro atoms. The van der Waals surface area contributed by atoms with Gasteiger partial charge >= 0.3 is 0 Å². The molecule has 1 aliphatic carbocycles. The number of nitrogens with zero attached hydrogens (tertiary/aromatic N) is 3. The van der Waals surface area contributed by atoms with Gasteiger partial charge in [-0.3, -0.25) is 29.0 Å². The van der Waals surface area contributed by atoms with Gasteiger partial charge in [0.2, 0.25) is 17.7 Å². The Hall–Kier alpha value is -5.20. The Labute approximate surface area is 435 Å². The van der Waals surface area contributed by atoms with Gasteiger partial charge in [0.15, 0.2) is 11.6 Å². The van der Waals surface area contributed by atoms with E-state index in [1.54, 1.807) is 41.5 Å². The fourth-order valence-electron chi connectivity index (χ4n) is 7.65. The first-order valence-corrected chi connectivity index (χ1v) is 27.7. The molecule has 392 valence electrons. The van der Waals surface area contributed by atoms with Crippen molar-refractivity contribution in [3.63, 3.8) is 0 Å². The van der Waals surface area contributed by atoms with Gasteiger partial charge in [-0.1, -0.05) is 103 Å². The van der Waals surface area contributed by atoms with Crippen LogP contribution in [-0.4, -0.2) is 107 Å². The van der Waals surface area contributed by atoms with Gasteiger partial charge < -0.3 is 35.8 Å². The van der Waals surface area contributed by atoms with Crippen molar-refractivity contribution in [1.82, 2.24) is 31.1 Å². The molecule has 0 radical (unpaired) electrons. The molecule has 0 bridgehead atoms. The van der Waals surface area contributed by atoms with E-state index in [-0.39, 0.29) is 64.9 Å². The third-order valence-electron chi connectivity index (χ3n) is 11.5. The number of ether oxygens (including phenoxy) is 1. The van der Waals surface area contributed by atoms with E-state index in [1.165, 1.54) is 6.42 Å². The predicted octanol–water partition coefficient (Wildman–Crippen LogP) is 9.76. The standard InChI is InChI=1S/C50H73N7O6S2.C4H10.C2H2/c1-7-28-57(29-8-2)44(59)26-30-56(6)37(5)63-42(34-39-21-14-11-15-22-39)47(60)55-46(50-64-31-32-65-50)49(62)53-40(33-38-19-12-10-13-20-38)24-18-25-43(58)54-45(36(4)9-3)48(61)52-35-41-23-16-17-27-51-41;1-4(2)3;1-2/h11,14-16,21-23,33-34,38,46,50H,5,7-10,12-13,17-20,24-32,35H2,1-4,6H3,(H,52,61)(H,53,62)(H,54,58)(H,55,60);4H,1-3H3;1-2H/b40-33+,42-34+,45-36+;;/t46-;;/m1../s1. The number of carbonyl (C=O) groups is 5. The highest BCUT2D eigenvalue weighted by Gasteiger charge is 2.35. The number of nitrogens with one attached hydrogen (secondary N) is 4. The third kappa shape index (κ3) is 24.7. The Morgan fingerprint density at radius 1 is 0.901 bits per heavy atom. The molecule has 2 heterocycles. The van der Waals surface area contributed by atoms with Gasteiger partial charge in [-0.15, -0.1) is 36.4 Å². The Morgan fingerprint density at radius 3 is 2.14 bits per heavy atom. The van der Waals surface area contributed by atoms with E-state index in [0.29, 0.717) is 51.4 Å². The summed E-state index contributed by atoms with van der Waals surface area (Å²) in [4.78, 5) is 76.5. The fraction of sp³-hybridized carbons (Fsp3) is 0.571. The summed E-state index contributed by atoms with van der Waals surface area (Å²) in [6.45, 7) is 21.2. The molecule has 1 saturated carbocycles. The van der Waals surface area contributed by atoms with Crippen LogP contribution in [0.3, 0.4) is 0 Å². The summed E-state index contributed by atoms with van der Waals surface area (Å²) in [6, 6.07) is 8.42. The Kier molecular flexibility index (Phi) is 31.2. The predicted molar refractivity (Wildman–Crippen MR) is 297 cm³/mol. The molecule has 15 heteroatoms. The first-order valence-electron chi connectivity index (χ1n) is 25.6. The number of dihydropyridines is 1. The summed E-state index contributed by atoms with van der Waals surface area (Å²) in [5.41, 5.74) is 3.27. The minimum atomic E-state index is -0.911. The number of terminal acetylenes is 1. The minimum Gasteiger partial charge on any atom is -0.436 e. The molecular formula is C56H85N7O6S2. The van der Waals surface area contributed by atoms with Crippen molar-refractivity contribution >= 4 is 64.8 Å². The van der Waals surface area contributed by atoms with Crippen molar-refractivity contribution in [2.24, 2.45) is 16.8 Å². The lowest BCUT2D eigenvalue weighted by atomic mass is 9.88. The number of hydrogen-bond acceptors (Lipinski definition) is 10. The molecule has 13 nitrogen and oxygen atoms in total. The van der Waals surface area contributed by atoms with E-state index in [4.69, 9.17) is 4.74 Å². The number of aliphatic imine (C=N–C) groups is 1. The van der Waals surface area contributed by atoms with Crippen LogP contribution in [-0.2, 0) is 28.7 Å². The number of hydrogen-bond donors (Lipinski definition) is 4. The average molecular weight is 1020 g/mol. The zero-order valence-electron chi connectivity index (χ0n) is 44.1. The smallest absolute Gasteiger partial charge is 0.287 e. The lowest BCUT2D eigenvalue weighted by molar-refractivity contribution is -0.131. The molecule has 3 aliphatic rings. The summed E-state index contributed by atoms with van der Waals surface area (Å²) in [5, 5.41) is 12.0. The van der Waals surface area contributed by atoms with Gasteiger partial charge in [0.25, 0.3) is 11.8 Å². The lowest BCUT2D eigenvalue weighted by Gasteiger charge is -2.27. The van der Waals surface area contributed by atoms with Gasteiger partial charge in [0.1, 0.15) is 11.7 Å². The lowest BCUT2D eigenvalue weighted by Crippen LogP contribution is -2.51. The first kappa shape index (κ1) is 61.9. The minimum absolute atomic E-state index is 0.0345. The van der Waals surface area contributed by atoms with E-state index in [2.05, 4.69) is 86.4 Å². The molecular weight excluding hydrogens is 931 g/mol. The summed E-state index contributed by atoms with van der Waals surface area (Å²) >= 11 is 3.26. The molecule has 1 atom stereocenters. The number of benzene rings is 1. The van der Waals surface area contributed by atoms with E-state index < -0.39 is 11.9 Å². The van der Waals surface area contributed by atoms with Crippen molar-refractivity contribution in [1.29, 1.82) is 0 Å². The summed E-state index contributed by atoms with van der Waals surface area (Å²) in [5.74, 6) is 1.47. The van der Waals surface area contributed by atoms with E-state index in [1.807, 2.05) is 61.2 Å². The van der Waals surface area contributed by atoms with Gasteiger partial charge in [0.05, 0.1) is 16.8 Å². The molecule has 2 aliphatic heterocycles. The fourth-order valence-corrected chi connectivity index (χ4v) is 10.6. The average Bonchev–Trinajstić information content (AvgIpc) is 3.91. The first-order chi connectivity index (χ1) is 34.1. The number of thioether (sulfide) groups is 2. The zero-order chi connectivity index (χ0) is 52.6. The number of rotatable bonds is 26. The van der Waals surface area contributed by atoms with Crippen molar-refractivity contribution in [2.75, 3.05) is 51.3 Å². The van der Waals surface area contributed by atoms with Crippen LogP contribution >= 0.6 is 23.5 Å². The SMILES string of the molecule is C#C.C=C(O/C(=C/c1ccccc1)C(=O)N[C@H](C(=O)N/C(=C/C1CCCCC1)CCCC(=O)N/C(C(=O)NCC1=NCCC=C1)=C(\C)CC)C1SCCS1)N(C)CCC(=O)N(CCC)CCC.CC(C)C.